The van der Waals surface area contributed by atoms with Gasteiger partial charge in [-0.3, -0.25) is 4.79 Å². The monoisotopic (exact) mass is 376 g/mol. The molecule has 1 heterocycles. The van der Waals surface area contributed by atoms with Gasteiger partial charge in [0.25, 0.3) is 5.91 Å². The Bertz CT molecular complexity index is 922. The number of piperidine rings is 1. The summed E-state index contributed by atoms with van der Waals surface area (Å²) in [6.45, 7) is 2.69. The molecule has 138 valence electrons. The highest BCUT2D eigenvalue weighted by molar-refractivity contribution is 7.89. The van der Waals surface area contributed by atoms with Gasteiger partial charge >= 0.3 is 0 Å². The maximum absolute atomic E-state index is 13.7. The minimum atomic E-state index is -3.65. The number of hydrogen-bond acceptors (Lipinski definition) is 3. The zero-order valence-corrected chi connectivity index (χ0v) is 15.4. The summed E-state index contributed by atoms with van der Waals surface area (Å²) in [5.41, 5.74) is 0.811. The lowest BCUT2D eigenvalue weighted by Crippen LogP contribution is -2.36. The van der Waals surface area contributed by atoms with Gasteiger partial charge in [-0.15, -0.1) is 0 Å². The largest absolute Gasteiger partial charge is 0.319 e. The number of rotatable bonds is 4. The molecule has 1 saturated heterocycles. The number of nitrogens with zero attached hydrogens (tertiary/aromatic N) is 1. The summed E-state index contributed by atoms with van der Waals surface area (Å²) in [6, 6.07) is 10.4. The number of sulfonamides is 1. The Balaban J connectivity index is 1.90. The highest BCUT2D eigenvalue weighted by Crippen LogP contribution is 2.25. The fraction of sp³-hybridized carbons (Fsp3) is 0.316. The Morgan fingerprint density at radius 2 is 1.77 bits per heavy atom. The molecular weight excluding hydrogens is 355 g/mol. The van der Waals surface area contributed by atoms with E-state index in [9.17, 15) is 17.6 Å². The standard InChI is InChI=1S/C19H21FN2O3S/c1-14-9-10-15(19(23)21-17-8-4-3-7-16(17)20)13-18(14)26(24,25)22-11-5-2-6-12-22/h3-4,7-10,13H,2,5-6,11-12H2,1H3,(H,21,23). The maximum atomic E-state index is 13.7. The van der Waals surface area contributed by atoms with Gasteiger partial charge in [0.2, 0.25) is 10.0 Å². The number of aryl methyl sites for hydroxylation is 1. The fourth-order valence-corrected chi connectivity index (χ4v) is 4.79. The van der Waals surface area contributed by atoms with Crippen LogP contribution in [0.4, 0.5) is 10.1 Å². The smallest absolute Gasteiger partial charge is 0.255 e. The van der Waals surface area contributed by atoms with Crippen molar-refractivity contribution in [1.82, 2.24) is 4.31 Å². The van der Waals surface area contributed by atoms with Gasteiger partial charge in [0.15, 0.2) is 0 Å². The van der Waals surface area contributed by atoms with Crippen molar-refractivity contribution in [3.8, 4) is 0 Å². The summed E-state index contributed by atoms with van der Waals surface area (Å²) in [5.74, 6) is -1.10. The third-order valence-electron chi connectivity index (χ3n) is 4.51. The lowest BCUT2D eigenvalue weighted by atomic mass is 10.1. The first kappa shape index (κ1) is 18.5. The van der Waals surface area contributed by atoms with Crippen LogP contribution in [0.15, 0.2) is 47.4 Å². The van der Waals surface area contributed by atoms with Crippen molar-refractivity contribution >= 4 is 21.6 Å². The number of amides is 1. The second-order valence-electron chi connectivity index (χ2n) is 6.38. The van der Waals surface area contributed by atoms with E-state index in [-0.39, 0.29) is 16.1 Å². The summed E-state index contributed by atoms with van der Waals surface area (Å²) in [4.78, 5) is 12.6. The van der Waals surface area contributed by atoms with Gasteiger partial charge < -0.3 is 5.32 Å². The van der Waals surface area contributed by atoms with Crippen molar-refractivity contribution in [2.45, 2.75) is 31.1 Å². The molecule has 1 amide bonds. The predicted octanol–water partition coefficient (Wildman–Crippen LogP) is 3.56. The molecule has 0 radical (unpaired) electrons. The Kier molecular flexibility index (Phi) is 5.38. The van der Waals surface area contributed by atoms with Gasteiger partial charge in [-0.2, -0.15) is 4.31 Å². The molecule has 5 nitrogen and oxygen atoms in total. The molecule has 2 aromatic rings. The lowest BCUT2D eigenvalue weighted by Gasteiger charge is -2.26. The highest BCUT2D eigenvalue weighted by Gasteiger charge is 2.28. The van der Waals surface area contributed by atoms with Crippen LogP contribution in [0.3, 0.4) is 0 Å². The second kappa shape index (κ2) is 7.55. The Labute approximate surface area is 152 Å². The van der Waals surface area contributed by atoms with E-state index in [1.165, 1.54) is 28.6 Å². The van der Waals surface area contributed by atoms with E-state index in [0.29, 0.717) is 18.7 Å². The third-order valence-corrected chi connectivity index (χ3v) is 6.55. The summed E-state index contributed by atoms with van der Waals surface area (Å²) >= 11 is 0. The van der Waals surface area contributed by atoms with Crippen LogP contribution in [0, 0.1) is 12.7 Å². The number of halogens is 1. The zero-order valence-electron chi connectivity index (χ0n) is 14.5. The Hall–Kier alpha value is -2.25. The lowest BCUT2D eigenvalue weighted by molar-refractivity contribution is 0.102. The minimum Gasteiger partial charge on any atom is -0.319 e. The van der Waals surface area contributed by atoms with E-state index in [4.69, 9.17) is 0 Å². The number of carbonyl (C=O) groups is 1. The van der Waals surface area contributed by atoms with Gasteiger partial charge in [0.1, 0.15) is 5.82 Å². The predicted molar refractivity (Wildman–Crippen MR) is 98.1 cm³/mol. The maximum Gasteiger partial charge on any atom is 0.255 e. The summed E-state index contributed by atoms with van der Waals surface area (Å²) in [7, 11) is -3.65. The average molecular weight is 376 g/mol. The van der Waals surface area contributed by atoms with Crippen molar-refractivity contribution in [3.63, 3.8) is 0 Å². The topological polar surface area (TPSA) is 66.5 Å². The molecule has 1 fully saturated rings. The van der Waals surface area contributed by atoms with E-state index < -0.39 is 21.7 Å². The fourth-order valence-electron chi connectivity index (χ4n) is 3.02. The second-order valence-corrected chi connectivity index (χ2v) is 8.29. The van der Waals surface area contributed by atoms with Crippen LogP contribution in [0.5, 0.6) is 0 Å². The molecule has 0 unspecified atom stereocenters. The van der Waals surface area contributed by atoms with Crippen molar-refractivity contribution < 1.29 is 17.6 Å². The Morgan fingerprint density at radius 1 is 1.08 bits per heavy atom. The van der Waals surface area contributed by atoms with Gasteiger partial charge in [-0.25, -0.2) is 12.8 Å². The SMILES string of the molecule is Cc1ccc(C(=O)Nc2ccccc2F)cc1S(=O)(=O)N1CCCCC1. The molecule has 1 N–H and O–H groups in total. The summed E-state index contributed by atoms with van der Waals surface area (Å²) in [6.07, 6.45) is 2.70. The number of nitrogens with one attached hydrogen (secondary N) is 1. The number of benzene rings is 2. The first-order valence-corrected chi connectivity index (χ1v) is 10.0. The van der Waals surface area contributed by atoms with Crippen LogP contribution in [-0.4, -0.2) is 31.7 Å². The zero-order chi connectivity index (χ0) is 18.7. The minimum absolute atomic E-state index is 0.0542. The Morgan fingerprint density at radius 3 is 2.46 bits per heavy atom. The van der Waals surface area contributed by atoms with Gasteiger partial charge in [-0.1, -0.05) is 24.6 Å². The quantitative estimate of drug-likeness (QED) is 0.887. The van der Waals surface area contributed by atoms with Crippen LogP contribution < -0.4 is 5.32 Å². The van der Waals surface area contributed by atoms with E-state index in [2.05, 4.69) is 5.32 Å². The molecule has 0 bridgehead atoms. The first-order chi connectivity index (χ1) is 12.4. The molecule has 0 aliphatic carbocycles. The van der Waals surface area contributed by atoms with Gasteiger partial charge in [0.05, 0.1) is 10.6 Å². The van der Waals surface area contributed by atoms with E-state index in [1.807, 2.05) is 0 Å². The molecule has 1 aliphatic rings. The first-order valence-electron chi connectivity index (χ1n) is 8.56. The highest BCUT2D eigenvalue weighted by atomic mass is 32.2. The molecule has 0 saturated carbocycles. The molecule has 1 aliphatic heterocycles. The third kappa shape index (κ3) is 3.78. The molecule has 0 spiro atoms. The van der Waals surface area contributed by atoms with Crippen LogP contribution in [0.25, 0.3) is 0 Å². The number of carbonyl (C=O) groups excluding carboxylic acids is 1. The average Bonchev–Trinajstić information content (AvgIpc) is 2.64. The van der Waals surface area contributed by atoms with E-state index >= 15 is 0 Å². The summed E-state index contributed by atoms with van der Waals surface area (Å²) in [5, 5.41) is 2.48. The van der Waals surface area contributed by atoms with Crippen molar-refractivity contribution in [2.24, 2.45) is 0 Å². The van der Waals surface area contributed by atoms with Crippen molar-refractivity contribution in [1.29, 1.82) is 0 Å². The molecule has 2 aromatic carbocycles. The van der Waals surface area contributed by atoms with Gasteiger partial charge in [-0.05, 0) is 49.6 Å². The van der Waals surface area contributed by atoms with Crippen LogP contribution in [-0.2, 0) is 10.0 Å². The number of para-hydroxylation sites is 1. The van der Waals surface area contributed by atoms with E-state index in [0.717, 1.165) is 19.3 Å². The number of hydrogen-bond donors (Lipinski definition) is 1. The van der Waals surface area contributed by atoms with Crippen LogP contribution in [0.1, 0.15) is 35.2 Å². The van der Waals surface area contributed by atoms with Crippen LogP contribution in [0.2, 0.25) is 0 Å². The molecule has 7 heteroatoms. The molecule has 3 rings (SSSR count). The number of anilines is 1. The molecule has 0 aromatic heterocycles. The van der Waals surface area contributed by atoms with E-state index in [1.54, 1.807) is 25.1 Å². The van der Waals surface area contributed by atoms with Crippen LogP contribution >= 0.6 is 0 Å². The molecular formula is C19H21FN2O3S. The summed E-state index contributed by atoms with van der Waals surface area (Å²) < 4.78 is 41.1. The molecule has 0 atom stereocenters. The van der Waals surface area contributed by atoms with Crippen molar-refractivity contribution in [3.05, 3.63) is 59.4 Å². The van der Waals surface area contributed by atoms with Crippen molar-refractivity contribution in [2.75, 3.05) is 18.4 Å². The normalized spacial score (nSPS) is 15.6. The molecule has 26 heavy (non-hydrogen) atoms. The van der Waals surface area contributed by atoms with Gasteiger partial charge in [0, 0.05) is 18.7 Å².